The van der Waals surface area contributed by atoms with Gasteiger partial charge in [0.1, 0.15) is 18.3 Å². The minimum Gasteiger partial charge on any atom is -0.497 e. The summed E-state index contributed by atoms with van der Waals surface area (Å²) in [4.78, 5) is 27.4. The second-order valence-corrected chi connectivity index (χ2v) is 9.91. The maximum absolute atomic E-state index is 13.5. The van der Waals surface area contributed by atoms with E-state index in [1.807, 2.05) is 6.07 Å². The number of carbonyl (C=O) groups is 2. The van der Waals surface area contributed by atoms with E-state index in [-0.39, 0.29) is 12.5 Å². The molecule has 1 N–H and O–H groups in total. The second-order valence-electron chi connectivity index (χ2n) is 7.60. The van der Waals surface area contributed by atoms with E-state index in [0.29, 0.717) is 28.6 Å². The van der Waals surface area contributed by atoms with Crippen LogP contribution in [0.2, 0.25) is 5.02 Å². The molecule has 0 aliphatic rings. The molecular formula is C23H30ClN3O5S. The molecule has 2 rings (SSSR count). The molecule has 0 aliphatic heterocycles. The number of sulfonamides is 1. The van der Waals surface area contributed by atoms with Gasteiger partial charge in [0.05, 0.1) is 19.1 Å². The van der Waals surface area contributed by atoms with Gasteiger partial charge in [-0.15, -0.1) is 0 Å². The molecule has 0 saturated heterocycles. The molecule has 2 amide bonds. The largest absolute Gasteiger partial charge is 0.497 e. The van der Waals surface area contributed by atoms with Crippen molar-refractivity contribution in [1.82, 2.24) is 10.2 Å². The zero-order valence-corrected chi connectivity index (χ0v) is 21.0. The molecule has 180 valence electrons. The van der Waals surface area contributed by atoms with Crippen LogP contribution in [0.4, 0.5) is 5.69 Å². The van der Waals surface area contributed by atoms with Gasteiger partial charge in [0, 0.05) is 18.1 Å². The van der Waals surface area contributed by atoms with Gasteiger partial charge in [-0.3, -0.25) is 13.9 Å². The lowest BCUT2D eigenvalue weighted by Crippen LogP contribution is -2.51. The Morgan fingerprint density at radius 1 is 1.18 bits per heavy atom. The monoisotopic (exact) mass is 495 g/mol. The maximum Gasteiger partial charge on any atom is 0.244 e. The van der Waals surface area contributed by atoms with E-state index in [4.69, 9.17) is 16.3 Å². The molecule has 1 atom stereocenters. The topological polar surface area (TPSA) is 96.0 Å². The van der Waals surface area contributed by atoms with Crippen LogP contribution in [0.5, 0.6) is 5.75 Å². The third-order valence-corrected chi connectivity index (χ3v) is 6.73. The molecule has 8 nitrogen and oxygen atoms in total. The van der Waals surface area contributed by atoms with Crippen molar-refractivity contribution in [3.05, 3.63) is 58.6 Å². The molecule has 0 spiro atoms. The van der Waals surface area contributed by atoms with Crippen LogP contribution in [0.25, 0.3) is 0 Å². The lowest BCUT2D eigenvalue weighted by atomic mass is 10.1. The number of nitrogens with zero attached hydrogens (tertiary/aromatic N) is 2. The summed E-state index contributed by atoms with van der Waals surface area (Å²) in [7, 11) is -2.28. The summed E-state index contributed by atoms with van der Waals surface area (Å²) >= 11 is 6.19. The van der Waals surface area contributed by atoms with Gasteiger partial charge in [-0.2, -0.15) is 0 Å². The summed E-state index contributed by atoms with van der Waals surface area (Å²) in [6, 6.07) is 11.2. The van der Waals surface area contributed by atoms with Gasteiger partial charge in [-0.1, -0.05) is 29.8 Å². The molecule has 0 bridgehead atoms. The Morgan fingerprint density at radius 3 is 2.45 bits per heavy atom. The van der Waals surface area contributed by atoms with Crippen molar-refractivity contribution in [2.45, 2.75) is 33.4 Å². The van der Waals surface area contributed by atoms with Crippen LogP contribution in [0.1, 0.15) is 25.0 Å². The lowest BCUT2D eigenvalue weighted by Gasteiger charge is -2.32. The van der Waals surface area contributed by atoms with Gasteiger partial charge < -0.3 is 15.0 Å². The molecule has 0 saturated carbocycles. The Labute approximate surface area is 200 Å². The number of amides is 2. The van der Waals surface area contributed by atoms with Crippen LogP contribution in [0.15, 0.2) is 42.5 Å². The van der Waals surface area contributed by atoms with E-state index in [1.165, 1.54) is 12.0 Å². The number of carbonyl (C=O) groups excluding carboxylic acids is 2. The van der Waals surface area contributed by atoms with Gasteiger partial charge in [0.25, 0.3) is 0 Å². The number of methoxy groups -OCH3 is 1. The minimum atomic E-state index is -3.82. The van der Waals surface area contributed by atoms with Gasteiger partial charge in [-0.25, -0.2) is 8.42 Å². The first-order chi connectivity index (χ1) is 15.5. The number of benzene rings is 2. The highest BCUT2D eigenvalue weighted by atomic mass is 35.5. The van der Waals surface area contributed by atoms with Crippen molar-refractivity contribution in [2.75, 3.05) is 30.8 Å². The normalized spacial score (nSPS) is 12.1. The van der Waals surface area contributed by atoms with E-state index < -0.39 is 28.5 Å². The van der Waals surface area contributed by atoms with Crippen molar-refractivity contribution in [3.8, 4) is 5.75 Å². The average molecular weight is 496 g/mol. The van der Waals surface area contributed by atoms with Crippen molar-refractivity contribution in [2.24, 2.45) is 0 Å². The molecule has 0 fully saturated rings. The average Bonchev–Trinajstić information content (AvgIpc) is 2.77. The van der Waals surface area contributed by atoms with E-state index in [1.54, 1.807) is 57.2 Å². The predicted octanol–water partition coefficient (Wildman–Crippen LogP) is 2.98. The number of likely N-dealkylation sites (N-methyl/N-ethyl adjacent to an activating group) is 1. The van der Waals surface area contributed by atoms with Crippen molar-refractivity contribution < 1.29 is 22.7 Å². The SMILES string of the molecule is CCNC(=O)C(C)N(Cc1cccc(OC)c1)C(=O)CN(c1cccc(Cl)c1C)S(C)(=O)=O. The van der Waals surface area contributed by atoms with Gasteiger partial charge in [0.15, 0.2) is 0 Å². The number of halogens is 1. The molecule has 33 heavy (non-hydrogen) atoms. The van der Waals surface area contributed by atoms with Crippen LogP contribution in [-0.2, 0) is 26.2 Å². The lowest BCUT2D eigenvalue weighted by molar-refractivity contribution is -0.139. The predicted molar refractivity (Wildman–Crippen MR) is 130 cm³/mol. The fraction of sp³-hybridized carbons (Fsp3) is 0.391. The molecule has 1 unspecified atom stereocenters. The number of nitrogens with one attached hydrogen (secondary N) is 1. The third-order valence-electron chi connectivity index (χ3n) is 5.19. The van der Waals surface area contributed by atoms with Crippen molar-refractivity contribution in [1.29, 1.82) is 0 Å². The Hall–Kier alpha value is -2.78. The summed E-state index contributed by atoms with van der Waals surface area (Å²) in [5.74, 6) is -0.252. The van der Waals surface area contributed by atoms with Crippen LogP contribution < -0.4 is 14.4 Å². The summed E-state index contributed by atoms with van der Waals surface area (Å²) in [6.07, 6.45) is 1.03. The van der Waals surface area contributed by atoms with Gasteiger partial charge >= 0.3 is 0 Å². The fourth-order valence-corrected chi connectivity index (χ4v) is 4.40. The quantitative estimate of drug-likeness (QED) is 0.546. The van der Waals surface area contributed by atoms with Crippen molar-refractivity contribution in [3.63, 3.8) is 0 Å². The molecule has 0 aromatic heterocycles. The Morgan fingerprint density at radius 2 is 1.85 bits per heavy atom. The molecule has 2 aromatic rings. The van der Waals surface area contributed by atoms with E-state index in [0.717, 1.165) is 16.1 Å². The molecule has 0 heterocycles. The number of ether oxygens (including phenoxy) is 1. The Kier molecular flexibility index (Phi) is 9.13. The first kappa shape index (κ1) is 26.5. The fourth-order valence-electron chi connectivity index (χ4n) is 3.33. The summed E-state index contributed by atoms with van der Waals surface area (Å²) in [5, 5.41) is 3.10. The maximum atomic E-state index is 13.5. The van der Waals surface area contributed by atoms with Gasteiger partial charge in [-0.05, 0) is 56.2 Å². The molecular weight excluding hydrogens is 466 g/mol. The van der Waals surface area contributed by atoms with Crippen molar-refractivity contribution >= 4 is 39.1 Å². The number of rotatable bonds is 10. The van der Waals surface area contributed by atoms with Gasteiger partial charge in [0.2, 0.25) is 21.8 Å². The highest BCUT2D eigenvalue weighted by Gasteiger charge is 2.30. The van der Waals surface area contributed by atoms with Crippen LogP contribution >= 0.6 is 11.6 Å². The summed E-state index contributed by atoms with van der Waals surface area (Å²) in [5.41, 5.74) is 1.59. The van der Waals surface area contributed by atoms with Crippen LogP contribution in [0, 0.1) is 6.92 Å². The van der Waals surface area contributed by atoms with E-state index in [2.05, 4.69) is 5.32 Å². The first-order valence-electron chi connectivity index (χ1n) is 10.4. The minimum absolute atomic E-state index is 0.0977. The summed E-state index contributed by atoms with van der Waals surface area (Å²) in [6.45, 7) is 5.10. The Bertz CT molecular complexity index is 1110. The molecule has 10 heteroatoms. The highest BCUT2D eigenvalue weighted by molar-refractivity contribution is 7.92. The number of hydrogen-bond acceptors (Lipinski definition) is 5. The van der Waals surface area contributed by atoms with E-state index in [9.17, 15) is 18.0 Å². The van der Waals surface area contributed by atoms with Crippen LogP contribution in [0.3, 0.4) is 0 Å². The standard InChI is InChI=1S/C23H30ClN3O5S/c1-6-25-23(29)17(3)26(14-18-9-7-10-19(13-18)32-4)22(28)15-27(33(5,30)31)21-12-8-11-20(24)16(21)2/h7-13,17H,6,14-15H2,1-5H3,(H,25,29). The van der Waals surface area contributed by atoms with E-state index >= 15 is 0 Å². The Balaban J connectivity index is 2.44. The third kappa shape index (κ3) is 6.85. The number of anilines is 1. The second kappa shape index (κ2) is 11.4. The smallest absolute Gasteiger partial charge is 0.244 e. The van der Waals surface area contributed by atoms with Crippen LogP contribution in [-0.4, -0.2) is 57.6 Å². The molecule has 2 aromatic carbocycles. The summed E-state index contributed by atoms with van der Waals surface area (Å²) < 4.78 is 31.5. The first-order valence-corrected chi connectivity index (χ1v) is 12.6. The highest BCUT2D eigenvalue weighted by Crippen LogP contribution is 2.28. The molecule has 0 radical (unpaired) electrons. The number of hydrogen-bond donors (Lipinski definition) is 1. The molecule has 0 aliphatic carbocycles. The zero-order valence-electron chi connectivity index (χ0n) is 19.5. The zero-order chi connectivity index (χ0) is 24.8.